The quantitative estimate of drug-likeness (QED) is 0.609. The lowest BCUT2D eigenvalue weighted by molar-refractivity contribution is -0.122. The minimum atomic E-state index is -0.0177. The number of hydrogen-bond donors (Lipinski definition) is 2. The maximum absolute atomic E-state index is 11.3. The number of amides is 1. The van der Waals surface area contributed by atoms with Gasteiger partial charge in [0.2, 0.25) is 5.91 Å². The molecule has 0 aromatic carbocycles. The van der Waals surface area contributed by atoms with Gasteiger partial charge in [-0.05, 0) is 19.8 Å². The first-order valence-electron chi connectivity index (χ1n) is 4.76. The highest BCUT2D eigenvalue weighted by Gasteiger charge is 2.09. The Morgan fingerprint density at radius 1 is 1.69 bits per heavy atom. The first kappa shape index (κ1) is 12.2. The van der Waals surface area contributed by atoms with Gasteiger partial charge in [-0.1, -0.05) is 13.0 Å². The molecule has 0 heterocycles. The molecule has 2 unspecified atom stereocenters. The van der Waals surface area contributed by atoms with Crippen LogP contribution in [0.4, 0.5) is 0 Å². The second-order valence-electron chi connectivity index (χ2n) is 3.37. The largest absolute Gasteiger partial charge is 0.353 e. The highest BCUT2D eigenvalue weighted by molar-refractivity contribution is 5.76. The summed E-state index contributed by atoms with van der Waals surface area (Å²) in [6.07, 6.45) is 3.85. The van der Waals surface area contributed by atoms with Crippen LogP contribution in [0.2, 0.25) is 0 Å². The van der Waals surface area contributed by atoms with E-state index < -0.39 is 0 Å². The SMILES string of the molecule is C=CCC(C)NC(=O)CC(N)CC. The summed E-state index contributed by atoms with van der Waals surface area (Å²) in [6.45, 7) is 7.54. The second kappa shape index (κ2) is 6.66. The molecule has 0 rings (SSSR count). The van der Waals surface area contributed by atoms with Gasteiger partial charge < -0.3 is 11.1 Å². The van der Waals surface area contributed by atoms with Crippen LogP contribution in [-0.2, 0) is 4.79 Å². The Hall–Kier alpha value is -0.830. The van der Waals surface area contributed by atoms with Crippen molar-refractivity contribution in [2.45, 2.75) is 45.2 Å². The standard InChI is InChI=1S/C10H20N2O/c1-4-6-8(3)12-10(13)7-9(11)5-2/h4,8-9H,1,5-7,11H2,2-3H3,(H,12,13). The van der Waals surface area contributed by atoms with Crippen LogP contribution >= 0.6 is 0 Å². The van der Waals surface area contributed by atoms with E-state index in [1.165, 1.54) is 0 Å². The fourth-order valence-corrected chi connectivity index (χ4v) is 1.03. The zero-order valence-corrected chi connectivity index (χ0v) is 8.55. The highest BCUT2D eigenvalue weighted by atomic mass is 16.1. The van der Waals surface area contributed by atoms with Gasteiger partial charge in [0, 0.05) is 18.5 Å². The molecule has 0 saturated carbocycles. The average molecular weight is 184 g/mol. The molecule has 0 aliphatic carbocycles. The van der Waals surface area contributed by atoms with Crippen molar-refractivity contribution in [3.63, 3.8) is 0 Å². The van der Waals surface area contributed by atoms with Crippen LogP contribution in [-0.4, -0.2) is 18.0 Å². The molecule has 0 aliphatic heterocycles. The van der Waals surface area contributed by atoms with Gasteiger partial charge in [-0.3, -0.25) is 4.79 Å². The number of hydrogen-bond acceptors (Lipinski definition) is 2. The van der Waals surface area contributed by atoms with E-state index in [1.54, 1.807) is 6.08 Å². The van der Waals surface area contributed by atoms with Crippen molar-refractivity contribution in [2.75, 3.05) is 0 Å². The van der Waals surface area contributed by atoms with Crippen molar-refractivity contribution in [3.05, 3.63) is 12.7 Å². The van der Waals surface area contributed by atoms with Crippen LogP contribution in [0.25, 0.3) is 0 Å². The number of rotatable bonds is 6. The molecule has 0 bridgehead atoms. The summed E-state index contributed by atoms with van der Waals surface area (Å²) in [7, 11) is 0. The Bertz CT molecular complexity index is 168. The molecule has 0 spiro atoms. The lowest BCUT2D eigenvalue weighted by Gasteiger charge is -2.13. The lowest BCUT2D eigenvalue weighted by atomic mass is 10.1. The summed E-state index contributed by atoms with van der Waals surface area (Å²) < 4.78 is 0. The van der Waals surface area contributed by atoms with E-state index in [-0.39, 0.29) is 18.0 Å². The Morgan fingerprint density at radius 2 is 2.31 bits per heavy atom. The fraction of sp³-hybridized carbons (Fsp3) is 0.700. The van der Waals surface area contributed by atoms with Crippen LogP contribution in [0.5, 0.6) is 0 Å². The third kappa shape index (κ3) is 6.34. The summed E-state index contributed by atoms with van der Waals surface area (Å²) in [6, 6.07) is 0.144. The van der Waals surface area contributed by atoms with E-state index in [1.807, 2.05) is 13.8 Å². The monoisotopic (exact) mass is 184 g/mol. The first-order chi connectivity index (χ1) is 6.10. The van der Waals surface area contributed by atoms with Crippen molar-refractivity contribution < 1.29 is 4.79 Å². The topological polar surface area (TPSA) is 55.1 Å². The van der Waals surface area contributed by atoms with E-state index in [0.717, 1.165) is 12.8 Å². The summed E-state index contributed by atoms with van der Waals surface area (Å²) in [5.41, 5.74) is 5.64. The molecule has 3 N–H and O–H groups in total. The molecular formula is C10H20N2O. The summed E-state index contributed by atoms with van der Waals surface area (Å²) in [5.74, 6) is 0.0312. The maximum atomic E-state index is 11.3. The lowest BCUT2D eigenvalue weighted by Crippen LogP contribution is -2.36. The zero-order chi connectivity index (χ0) is 10.3. The molecule has 0 aliphatic rings. The Morgan fingerprint density at radius 3 is 2.77 bits per heavy atom. The number of nitrogens with one attached hydrogen (secondary N) is 1. The highest BCUT2D eigenvalue weighted by Crippen LogP contribution is 1.96. The molecule has 0 aromatic rings. The van der Waals surface area contributed by atoms with E-state index in [2.05, 4.69) is 11.9 Å². The van der Waals surface area contributed by atoms with Gasteiger partial charge in [0.25, 0.3) is 0 Å². The molecule has 3 nitrogen and oxygen atoms in total. The number of carbonyl (C=O) groups is 1. The molecular weight excluding hydrogens is 164 g/mol. The van der Waals surface area contributed by atoms with Crippen LogP contribution in [0.1, 0.15) is 33.1 Å². The van der Waals surface area contributed by atoms with Crippen molar-refractivity contribution in [1.82, 2.24) is 5.32 Å². The van der Waals surface area contributed by atoms with Gasteiger partial charge in [-0.15, -0.1) is 6.58 Å². The fourth-order valence-electron chi connectivity index (χ4n) is 1.03. The second-order valence-corrected chi connectivity index (χ2v) is 3.37. The van der Waals surface area contributed by atoms with Crippen molar-refractivity contribution >= 4 is 5.91 Å². The smallest absolute Gasteiger partial charge is 0.221 e. The third-order valence-electron chi connectivity index (χ3n) is 1.90. The normalized spacial score (nSPS) is 14.7. The third-order valence-corrected chi connectivity index (χ3v) is 1.90. The van der Waals surface area contributed by atoms with Gasteiger partial charge in [0.1, 0.15) is 0 Å². The molecule has 1 amide bonds. The van der Waals surface area contributed by atoms with Crippen LogP contribution < -0.4 is 11.1 Å². The predicted octanol–water partition coefficient (Wildman–Crippen LogP) is 1.19. The minimum absolute atomic E-state index is 0.0177. The molecule has 13 heavy (non-hydrogen) atoms. The van der Waals surface area contributed by atoms with Crippen LogP contribution in [0.15, 0.2) is 12.7 Å². The Labute approximate surface area is 80.4 Å². The van der Waals surface area contributed by atoms with Crippen LogP contribution in [0.3, 0.4) is 0 Å². The van der Waals surface area contributed by atoms with E-state index >= 15 is 0 Å². The van der Waals surface area contributed by atoms with Gasteiger partial charge in [0.15, 0.2) is 0 Å². The Balaban J connectivity index is 3.66. The summed E-state index contributed by atoms with van der Waals surface area (Å²) in [4.78, 5) is 11.3. The van der Waals surface area contributed by atoms with Gasteiger partial charge >= 0.3 is 0 Å². The van der Waals surface area contributed by atoms with E-state index in [9.17, 15) is 4.79 Å². The number of nitrogens with two attached hydrogens (primary N) is 1. The van der Waals surface area contributed by atoms with Gasteiger partial charge in [0.05, 0.1) is 0 Å². The molecule has 0 aromatic heterocycles. The zero-order valence-electron chi connectivity index (χ0n) is 8.55. The first-order valence-corrected chi connectivity index (χ1v) is 4.76. The summed E-state index contributed by atoms with van der Waals surface area (Å²) in [5, 5.41) is 2.86. The molecule has 3 heteroatoms. The van der Waals surface area contributed by atoms with Gasteiger partial charge in [-0.25, -0.2) is 0 Å². The van der Waals surface area contributed by atoms with Crippen LogP contribution in [0, 0.1) is 0 Å². The molecule has 2 atom stereocenters. The van der Waals surface area contributed by atoms with E-state index in [4.69, 9.17) is 5.73 Å². The van der Waals surface area contributed by atoms with Gasteiger partial charge in [-0.2, -0.15) is 0 Å². The molecule has 76 valence electrons. The summed E-state index contributed by atoms with van der Waals surface area (Å²) >= 11 is 0. The average Bonchev–Trinajstić information content (AvgIpc) is 2.04. The predicted molar refractivity (Wildman–Crippen MR) is 55.3 cm³/mol. The number of carbonyl (C=O) groups excluding carboxylic acids is 1. The van der Waals surface area contributed by atoms with Crippen molar-refractivity contribution in [2.24, 2.45) is 5.73 Å². The molecule has 0 fully saturated rings. The molecule has 0 saturated heterocycles. The maximum Gasteiger partial charge on any atom is 0.221 e. The van der Waals surface area contributed by atoms with E-state index in [0.29, 0.717) is 6.42 Å². The molecule has 0 radical (unpaired) electrons. The minimum Gasteiger partial charge on any atom is -0.353 e. The van der Waals surface area contributed by atoms with Crippen molar-refractivity contribution in [3.8, 4) is 0 Å². The Kier molecular flexibility index (Phi) is 6.24. The van der Waals surface area contributed by atoms with Crippen molar-refractivity contribution in [1.29, 1.82) is 0 Å².